The number of hydrogen-bond donors (Lipinski definition) is 3. The summed E-state index contributed by atoms with van der Waals surface area (Å²) in [4.78, 5) is 34.1. The molecule has 0 radical (unpaired) electrons. The van der Waals surface area contributed by atoms with Crippen LogP contribution in [0.5, 0.6) is 0 Å². The summed E-state index contributed by atoms with van der Waals surface area (Å²) in [5.74, 6) is -1.28. The van der Waals surface area contributed by atoms with Crippen molar-refractivity contribution >= 4 is 19.7 Å². The van der Waals surface area contributed by atoms with Gasteiger partial charge in [0.2, 0.25) is 0 Å². The minimum Gasteiger partial charge on any atom is -0.756 e. The van der Waals surface area contributed by atoms with Crippen LogP contribution in [0.3, 0.4) is 0 Å². The number of hydrogen-bond acceptors (Lipinski definition) is 9. The van der Waals surface area contributed by atoms with E-state index >= 15 is 0 Å². The van der Waals surface area contributed by atoms with Crippen molar-refractivity contribution in [2.24, 2.45) is 4.99 Å². The number of aliphatic hydroxyl groups is 2. The Labute approximate surface area is 240 Å². The van der Waals surface area contributed by atoms with E-state index in [1.807, 2.05) is 48.5 Å². The maximum Gasteiger partial charge on any atom is 1.00 e. The third-order valence-electron chi connectivity index (χ3n) is 5.07. The molecular formula is C21H22NNa2O9P. The van der Waals surface area contributed by atoms with E-state index in [1.54, 1.807) is 0 Å². The zero-order valence-electron chi connectivity index (χ0n) is 18.9. The minimum atomic E-state index is -5.12. The van der Waals surface area contributed by atoms with Crippen molar-refractivity contribution in [1.82, 2.24) is 0 Å². The van der Waals surface area contributed by atoms with Crippen LogP contribution in [-0.4, -0.2) is 58.9 Å². The van der Waals surface area contributed by atoms with Crippen molar-refractivity contribution in [2.45, 2.75) is 24.5 Å². The van der Waals surface area contributed by atoms with Crippen molar-refractivity contribution in [3.63, 3.8) is 0 Å². The Balaban J connectivity index is 0.00000289. The number of aliphatic imine (C=N–C) groups is 1. The average Bonchev–Trinajstić information content (AvgIpc) is 3.08. The van der Waals surface area contributed by atoms with Crippen LogP contribution in [0.4, 0.5) is 0 Å². The summed E-state index contributed by atoms with van der Waals surface area (Å²) in [6.45, 7) is -1.28. The fourth-order valence-electron chi connectivity index (χ4n) is 3.53. The third kappa shape index (κ3) is 8.51. The van der Waals surface area contributed by atoms with E-state index in [0.717, 1.165) is 22.3 Å². The summed E-state index contributed by atoms with van der Waals surface area (Å²) in [7, 11) is -5.12. The van der Waals surface area contributed by atoms with Gasteiger partial charge < -0.3 is 34.4 Å². The Bertz CT molecular complexity index is 1000. The number of carbonyl (C=O) groups excluding carboxylic acids is 1. The van der Waals surface area contributed by atoms with Gasteiger partial charge in [0.1, 0.15) is 18.8 Å². The van der Waals surface area contributed by atoms with Crippen LogP contribution in [0.1, 0.15) is 23.5 Å². The normalized spacial score (nSPS) is 16.2. The van der Waals surface area contributed by atoms with Crippen molar-refractivity contribution in [2.75, 3.05) is 19.8 Å². The van der Waals surface area contributed by atoms with Crippen LogP contribution >= 0.6 is 7.82 Å². The van der Waals surface area contributed by atoms with Crippen LogP contribution in [0.2, 0.25) is 0 Å². The molecule has 13 heteroatoms. The fourth-order valence-corrected chi connectivity index (χ4v) is 3.82. The van der Waals surface area contributed by atoms with Gasteiger partial charge in [-0.25, -0.2) is 0 Å². The summed E-state index contributed by atoms with van der Waals surface area (Å²) in [6, 6.07) is 15.7. The summed E-state index contributed by atoms with van der Waals surface area (Å²) < 4.78 is 19.6. The molecule has 0 bridgehead atoms. The number of Topliss-reactive ketones (excluding diaryl/α,β-unsaturated/α-hetero) is 1. The van der Waals surface area contributed by atoms with E-state index in [0.29, 0.717) is 0 Å². The van der Waals surface area contributed by atoms with Crippen LogP contribution in [0.15, 0.2) is 53.5 Å². The Morgan fingerprint density at radius 3 is 2.12 bits per heavy atom. The summed E-state index contributed by atoms with van der Waals surface area (Å²) >= 11 is 0. The maximum atomic E-state index is 12.0. The van der Waals surface area contributed by atoms with E-state index in [9.17, 15) is 29.6 Å². The molecule has 0 fully saturated rings. The number of ether oxygens (including phenoxy) is 1. The predicted molar refractivity (Wildman–Crippen MR) is 109 cm³/mol. The second-order valence-electron chi connectivity index (χ2n) is 7.19. The molecule has 0 saturated carbocycles. The molecule has 3 atom stereocenters. The first kappa shape index (κ1) is 31.4. The predicted octanol–water partition coefficient (Wildman–Crippen LogP) is -6.30. The van der Waals surface area contributed by atoms with Gasteiger partial charge in [0.15, 0.2) is 5.78 Å². The molecule has 1 aliphatic rings. The van der Waals surface area contributed by atoms with E-state index in [1.165, 1.54) is 0 Å². The smallest absolute Gasteiger partial charge is 0.756 e. The molecule has 10 nitrogen and oxygen atoms in total. The summed E-state index contributed by atoms with van der Waals surface area (Å²) in [6.07, 6.45) is -4.68. The van der Waals surface area contributed by atoms with Crippen molar-refractivity contribution in [3.8, 4) is 11.1 Å². The van der Waals surface area contributed by atoms with E-state index in [4.69, 9.17) is 9.63 Å². The zero-order valence-corrected chi connectivity index (χ0v) is 23.8. The SMILES string of the molecule is O=C(COP(=O)([O-])O)[C@@H](O)C(O)CCN=C([O-])OCC1c2ccccc2-c2ccccc21.[Na+].[Na+]. The van der Waals surface area contributed by atoms with Gasteiger partial charge in [-0.2, -0.15) is 0 Å². The van der Waals surface area contributed by atoms with Gasteiger partial charge in [0.25, 0.3) is 7.82 Å². The van der Waals surface area contributed by atoms with Crippen LogP contribution in [-0.2, 0) is 18.6 Å². The average molecular weight is 509 g/mol. The van der Waals surface area contributed by atoms with Gasteiger partial charge >= 0.3 is 59.1 Å². The monoisotopic (exact) mass is 509 g/mol. The van der Waals surface area contributed by atoms with Gasteiger partial charge in [-0.15, -0.1) is 0 Å². The number of nitrogens with zero attached hydrogens (tertiary/aromatic N) is 1. The van der Waals surface area contributed by atoms with Crippen molar-refractivity contribution < 1.29 is 103 Å². The molecular weight excluding hydrogens is 487 g/mol. The first-order valence-corrected chi connectivity index (χ1v) is 11.3. The van der Waals surface area contributed by atoms with Crippen LogP contribution < -0.4 is 69.1 Å². The van der Waals surface area contributed by atoms with Crippen molar-refractivity contribution in [3.05, 3.63) is 59.7 Å². The number of phosphoric ester groups is 1. The molecule has 3 N–H and O–H groups in total. The quantitative estimate of drug-likeness (QED) is 0.122. The number of benzene rings is 2. The van der Waals surface area contributed by atoms with Gasteiger partial charge in [-0.1, -0.05) is 48.5 Å². The topological polar surface area (TPSA) is 172 Å². The van der Waals surface area contributed by atoms with Gasteiger partial charge in [-0.05, 0) is 28.7 Å². The second-order valence-corrected chi connectivity index (χ2v) is 8.39. The molecule has 2 aromatic rings. The maximum absolute atomic E-state index is 12.0. The van der Waals surface area contributed by atoms with E-state index in [2.05, 4.69) is 9.52 Å². The molecule has 3 rings (SSSR count). The number of ketones is 1. The van der Waals surface area contributed by atoms with Crippen molar-refractivity contribution in [1.29, 1.82) is 0 Å². The number of carbonyl (C=O) groups is 1. The third-order valence-corrected chi connectivity index (χ3v) is 5.52. The number of aliphatic hydroxyl groups excluding tert-OH is 2. The number of rotatable bonds is 10. The van der Waals surface area contributed by atoms with Gasteiger partial charge in [0.05, 0.1) is 6.10 Å². The number of phosphoric acid groups is 1. The Morgan fingerprint density at radius 1 is 1.06 bits per heavy atom. The Kier molecular flexibility index (Phi) is 13.2. The molecule has 0 heterocycles. The summed E-state index contributed by atoms with van der Waals surface area (Å²) in [5, 5.41) is 31.5. The Hall–Kier alpha value is -0.590. The van der Waals surface area contributed by atoms with E-state index < -0.39 is 38.5 Å². The first-order chi connectivity index (χ1) is 15.2. The first-order valence-electron chi connectivity index (χ1n) is 9.77. The summed E-state index contributed by atoms with van der Waals surface area (Å²) in [5.41, 5.74) is 4.26. The molecule has 34 heavy (non-hydrogen) atoms. The van der Waals surface area contributed by atoms with Crippen LogP contribution in [0, 0.1) is 0 Å². The molecule has 2 aromatic carbocycles. The molecule has 0 amide bonds. The molecule has 172 valence electrons. The molecule has 2 unspecified atom stereocenters. The zero-order chi connectivity index (χ0) is 23.3. The fraction of sp³-hybridized carbons (Fsp3) is 0.333. The largest absolute Gasteiger partial charge is 1.00 e. The van der Waals surface area contributed by atoms with Crippen LogP contribution in [0.25, 0.3) is 11.1 Å². The molecule has 0 aliphatic heterocycles. The van der Waals surface area contributed by atoms with Gasteiger partial charge in [-0.3, -0.25) is 14.4 Å². The molecule has 1 aliphatic carbocycles. The molecule has 0 saturated heterocycles. The molecule has 0 spiro atoms. The van der Waals surface area contributed by atoms with E-state index in [-0.39, 0.29) is 84.6 Å². The second kappa shape index (κ2) is 14.2. The van der Waals surface area contributed by atoms with Gasteiger partial charge in [0, 0.05) is 19.1 Å². The minimum absolute atomic E-state index is 0. The molecule has 0 aromatic heterocycles. The standard InChI is InChI=1S/C21H24NO9P.2Na/c23-18(20(25)19(24)12-31-32(27,28)29)9-10-22-21(26)30-11-17-15-7-3-1-5-13(15)14-6-2-4-8-16(14)17;;/h1-8,17-18,20,23,25H,9-12H2,(H,22,26)(H2,27,28,29);;/q;2*+1/p-2/t18?,20-;;/m0../s1. The Morgan fingerprint density at radius 2 is 1.59 bits per heavy atom. The number of fused-ring (bicyclic) bond motifs is 3.